The number of hydrogen-bond acceptors (Lipinski definition) is 8. The van der Waals surface area contributed by atoms with Gasteiger partial charge in [0.15, 0.2) is 11.5 Å². The molecule has 0 unspecified atom stereocenters. The molecule has 1 aromatic rings. The monoisotopic (exact) mass is 360 g/mol. The summed E-state index contributed by atoms with van der Waals surface area (Å²) in [7, 11) is 1.60. The second-order valence-electron chi connectivity index (χ2n) is 6.51. The Hall–Kier alpha value is -2.16. The van der Waals surface area contributed by atoms with Gasteiger partial charge in [-0.2, -0.15) is 0 Å². The Bertz CT molecular complexity index is 715. The summed E-state index contributed by atoms with van der Waals surface area (Å²) in [6.45, 7) is 5.50. The molecule has 4 rings (SSSR count). The second kappa shape index (κ2) is 7.61. The van der Waals surface area contributed by atoms with E-state index in [4.69, 9.17) is 14.2 Å². The predicted octanol–water partition coefficient (Wildman–Crippen LogP) is 0.503. The first-order valence-corrected chi connectivity index (χ1v) is 8.94. The number of amidine groups is 1. The molecule has 1 fully saturated rings. The van der Waals surface area contributed by atoms with Gasteiger partial charge in [-0.25, -0.2) is 4.99 Å². The van der Waals surface area contributed by atoms with E-state index in [0.29, 0.717) is 31.3 Å². The number of aliphatic hydroxyl groups excluding tert-OH is 1. The molecule has 8 heteroatoms. The summed E-state index contributed by atoms with van der Waals surface area (Å²) in [6.07, 6.45) is 1.21. The molecule has 0 aliphatic carbocycles. The second-order valence-corrected chi connectivity index (χ2v) is 6.51. The summed E-state index contributed by atoms with van der Waals surface area (Å²) in [4.78, 5) is 13.3. The number of aliphatic hydroxyl groups is 1. The van der Waals surface area contributed by atoms with Gasteiger partial charge < -0.3 is 24.2 Å². The summed E-state index contributed by atoms with van der Waals surface area (Å²) >= 11 is 0. The zero-order chi connectivity index (χ0) is 17.9. The lowest BCUT2D eigenvalue weighted by molar-refractivity contribution is 0.00446. The minimum absolute atomic E-state index is 0.198. The average Bonchev–Trinajstić information content (AvgIpc) is 3.15. The molecule has 26 heavy (non-hydrogen) atoms. The van der Waals surface area contributed by atoms with Crippen LogP contribution in [-0.2, 0) is 4.74 Å². The molecule has 0 amide bonds. The number of morpholine rings is 1. The first-order valence-electron chi connectivity index (χ1n) is 8.94. The fourth-order valence-electron chi connectivity index (χ4n) is 3.43. The van der Waals surface area contributed by atoms with Crippen molar-refractivity contribution in [2.24, 2.45) is 9.98 Å². The highest BCUT2D eigenvalue weighted by molar-refractivity contribution is 6.12. The molecule has 0 bridgehead atoms. The number of nitrogens with zero attached hydrogens (tertiary/aromatic N) is 4. The Kier molecular flexibility index (Phi) is 5.05. The van der Waals surface area contributed by atoms with E-state index in [2.05, 4.69) is 14.9 Å². The Morgan fingerprint density at radius 2 is 2.12 bits per heavy atom. The molecular formula is C18H24N4O4. The summed E-state index contributed by atoms with van der Waals surface area (Å²) in [5, 5.41) is 10.3. The van der Waals surface area contributed by atoms with E-state index in [9.17, 15) is 5.11 Å². The highest BCUT2D eigenvalue weighted by Gasteiger charge is 2.27. The standard InChI is InChI=1S/C18H24N4O4/c1-24-17-15(26-11-13(23)10-21-6-8-25-9-7-21)3-2-14-16(17)20-12-22-5-4-19-18(14)22/h2-3,12-13,23H,4-11H2,1H3/t13-/m1/s1. The largest absolute Gasteiger partial charge is 0.491 e. The number of aliphatic imine (C=N–C) groups is 2. The van der Waals surface area contributed by atoms with Crippen LogP contribution < -0.4 is 9.47 Å². The van der Waals surface area contributed by atoms with Crippen LogP contribution in [0.3, 0.4) is 0 Å². The zero-order valence-electron chi connectivity index (χ0n) is 14.9. The Labute approximate surface area is 152 Å². The van der Waals surface area contributed by atoms with Gasteiger partial charge in [-0.05, 0) is 12.1 Å². The Morgan fingerprint density at radius 3 is 2.92 bits per heavy atom. The molecule has 0 aromatic heterocycles. The molecule has 1 saturated heterocycles. The highest BCUT2D eigenvalue weighted by Crippen LogP contribution is 2.42. The van der Waals surface area contributed by atoms with Crippen molar-refractivity contribution in [2.75, 3.05) is 59.7 Å². The third kappa shape index (κ3) is 3.40. The molecule has 0 spiro atoms. The Morgan fingerprint density at radius 1 is 1.27 bits per heavy atom. The smallest absolute Gasteiger partial charge is 0.187 e. The Balaban J connectivity index is 1.45. The van der Waals surface area contributed by atoms with Crippen LogP contribution in [0.25, 0.3) is 0 Å². The molecule has 1 aromatic carbocycles. The fourth-order valence-corrected chi connectivity index (χ4v) is 3.43. The van der Waals surface area contributed by atoms with Crippen LogP contribution in [-0.4, -0.2) is 92.8 Å². The maximum Gasteiger partial charge on any atom is 0.187 e. The van der Waals surface area contributed by atoms with E-state index in [1.807, 2.05) is 17.0 Å². The highest BCUT2D eigenvalue weighted by atomic mass is 16.5. The van der Waals surface area contributed by atoms with Crippen molar-refractivity contribution in [3.63, 3.8) is 0 Å². The van der Waals surface area contributed by atoms with Gasteiger partial charge in [0.2, 0.25) is 0 Å². The molecule has 3 aliphatic rings. The van der Waals surface area contributed by atoms with Crippen molar-refractivity contribution in [3.05, 3.63) is 17.7 Å². The van der Waals surface area contributed by atoms with Gasteiger partial charge in [-0.1, -0.05) is 0 Å². The van der Waals surface area contributed by atoms with E-state index in [0.717, 1.165) is 43.3 Å². The quantitative estimate of drug-likeness (QED) is 0.796. The molecule has 8 nitrogen and oxygen atoms in total. The maximum absolute atomic E-state index is 10.3. The van der Waals surface area contributed by atoms with Crippen molar-refractivity contribution in [2.45, 2.75) is 6.10 Å². The lowest BCUT2D eigenvalue weighted by Crippen LogP contribution is -2.42. The third-order valence-corrected chi connectivity index (χ3v) is 4.75. The van der Waals surface area contributed by atoms with Gasteiger partial charge >= 0.3 is 0 Å². The number of benzene rings is 1. The molecule has 1 N–H and O–H groups in total. The van der Waals surface area contributed by atoms with E-state index in [-0.39, 0.29) is 6.61 Å². The lowest BCUT2D eigenvalue weighted by Gasteiger charge is -2.28. The number of β-amino-alcohol motifs (C(OH)–C–C–N with tert-alkyl or cyclic N) is 1. The number of fused-ring (bicyclic) bond motifs is 3. The van der Waals surface area contributed by atoms with Crippen LogP contribution in [0, 0.1) is 0 Å². The minimum atomic E-state index is -0.577. The van der Waals surface area contributed by atoms with Crippen LogP contribution >= 0.6 is 0 Å². The van der Waals surface area contributed by atoms with Crippen molar-refractivity contribution in [3.8, 4) is 11.5 Å². The van der Waals surface area contributed by atoms with Gasteiger partial charge in [-0.15, -0.1) is 0 Å². The lowest BCUT2D eigenvalue weighted by atomic mass is 10.1. The van der Waals surface area contributed by atoms with Crippen LogP contribution in [0.15, 0.2) is 22.1 Å². The van der Waals surface area contributed by atoms with E-state index in [1.54, 1.807) is 13.4 Å². The van der Waals surface area contributed by atoms with Crippen LogP contribution in [0.5, 0.6) is 11.5 Å². The number of rotatable bonds is 6. The molecule has 3 heterocycles. The molecule has 0 saturated carbocycles. The molecule has 0 radical (unpaired) electrons. The average molecular weight is 360 g/mol. The number of ether oxygens (including phenoxy) is 3. The van der Waals surface area contributed by atoms with Crippen molar-refractivity contribution < 1.29 is 19.3 Å². The molecule has 140 valence electrons. The summed E-state index contributed by atoms with van der Waals surface area (Å²) in [5.41, 5.74) is 1.67. The number of methoxy groups -OCH3 is 1. The minimum Gasteiger partial charge on any atom is -0.491 e. The van der Waals surface area contributed by atoms with Gasteiger partial charge in [0.25, 0.3) is 0 Å². The van der Waals surface area contributed by atoms with Crippen LogP contribution in [0.1, 0.15) is 5.56 Å². The molecule has 1 atom stereocenters. The van der Waals surface area contributed by atoms with E-state index in [1.165, 1.54) is 0 Å². The topological polar surface area (TPSA) is 79.1 Å². The van der Waals surface area contributed by atoms with E-state index >= 15 is 0 Å². The number of hydrogen-bond donors (Lipinski definition) is 1. The first-order chi connectivity index (χ1) is 12.8. The van der Waals surface area contributed by atoms with Gasteiger partial charge in [0, 0.05) is 31.7 Å². The summed E-state index contributed by atoms with van der Waals surface area (Å²) in [5.74, 6) is 2.08. The third-order valence-electron chi connectivity index (χ3n) is 4.75. The van der Waals surface area contributed by atoms with Crippen LogP contribution in [0.2, 0.25) is 0 Å². The maximum atomic E-state index is 10.3. The molecular weight excluding hydrogens is 336 g/mol. The summed E-state index contributed by atoms with van der Waals surface area (Å²) < 4.78 is 16.7. The van der Waals surface area contributed by atoms with Crippen molar-refractivity contribution >= 4 is 17.9 Å². The normalized spacial score (nSPS) is 20.4. The summed E-state index contributed by atoms with van der Waals surface area (Å²) in [6, 6.07) is 3.81. The van der Waals surface area contributed by atoms with Crippen molar-refractivity contribution in [1.82, 2.24) is 9.80 Å². The van der Waals surface area contributed by atoms with E-state index < -0.39 is 6.10 Å². The zero-order valence-corrected chi connectivity index (χ0v) is 14.9. The van der Waals surface area contributed by atoms with Gasteiger partial charge in [0.05, 0.1) is 33.2 Å². The van der Waals surface area contributed by atoms with Crippen LogP contribution in [0.4, 0.5) is 5.69 Å². The SMILES string of the molecule is COc1c(OC[C@H](O)CN2CCOCC2)ccc2c1N=CN1CCN=C21. The van der Waals surface area contributed by atoms with Gasteiger partial charge in [0.1, 0.15) is 24.2 Å². The molecule has 3 aliphatic heterocycles. The predicted molar refractivity (Wildman–Crippen MR) is 98.0 cm³/mol. The van der Waals surface area contributed by atoms with Crippen molar-refractivity contribution in [1.29, 1.82) is 0 Å². The first kappa shape index (κ1) is 17.3. The fraction of sp³-hybridized carbons (Fsp3) is 0.556. The van der Waals surface area contributed by atoms with Gasteiger partial charge in [-0.3, -0.25) is 9.89 Å².